The lowest BCUT2D eigenvalue weighted by atomic mass is 9.96. The van der Waals surface area contributed by atoms with Gasteiger partial charge in [-0.25, -0.2) is 0 Å². The van der Waals surface area contributed by atoms with Crippen LogP contribution in [0.4, 0.5) is 0 Å². The minimum atomic E-state index is -0.0776. The van der Waals surface area contributed by atoms with Gasteiger partial charge in [0.25, 0.3) is 0 Å². The fourth-order valence-corrected chi connectivity index (χ4v) is 2.77. The number of nitrogens with two attached hydrogens (primary N) is 1. The first-order valence-corrected chi connectivity index (χ1v) is 8.04. The summed E-state index contributed by atoms with van der Waals surface area (Å²) in [5.41, 5.74) is 11.3. The van der Waals surface area contributed by atoms with E-state index >= 15 is 0 Å². The van der Waals surface area contributed by atoms with E-state index in [0.717, 1.165) is 22.2 Å². The highest BCUT2D eigenvalue weighted by atomic mass is 79.9. The van der Waals surface area contributed by atoms with Crippen LogP contribution in [0.3, 0.4) is 0 Å². The van der Waals surface area contributed by atoms with Crippen molar-refractivity contribution in [1.29, 1.82) is 0 Å². The third-order valence-corrected chi connectivity index (χ3v) is 4.19. The topological polar surface area (TPSA) is 35.2 Å². The van der Waals surface area contributed by atoms with Gasteiger partial charge in [-0.15, -0.1) is 0 Å². The van der Waals surface area contributed by atoms with Gasteiger partial charge in [-0.05, 0) is 62.1 Å². The molecule has 0 aliphatic rings. The molecule has 0 radical (unpaired) electrons. The summed E-state index contributed by atoms with van der Waals surface area (Å²) in [4.78, 5) is 0. The number of halogens is 1. The second-order valence-electron chi connectivity index (χ2n) is 5.34. The predicted molar refractivity (Wildman–Crippen MR) is 91.9 cm³/mol. The fourth-order valence-electron chi connectivity index (χ4n) is 2.39. The molecular weight excluding hydrogens is 326 g/mol. The SMILES string of the molecule is CCOc1ccc(Br)cc1C(N)Cc1ccc(C)c(C)c1. The van der Waals surface area contributed by atoms with Crippen LogP contribution in [-0.2, 0) is 6.42 Å². The van der Waals surface area contributed by atoms with Crippen LogP contribution in [0.25, 0.3) is 0 Å². The third-order valence-electron chi connectivity index (χ3n) is 3.70. The van der Waals surface area contributed by atoms with Crippen molar-refractivity contribution in [2.75, 3.05) is 6.61 Å². The van der Waals surface area contributed by atoms with Gasteiger partial charge < -0.3 is 10.5 Å². The Hall–Kier alpha value is -1.32. The standard InChI is InChI=1S/C18H22BrNO/c1-4-21-18-8-7-15(19)11-16(18)17(20)10-14-6-5-12(2)13(3)9-14/h5-9,11,17H,4,10,20H2,1-3H3. The molecule has 0 heterocycles. The van der Waals surface area contributed by atoms with E-state index < -0.39 is 0 Å². The van der Waals surface area contributed by atoms with Gasteiger partial charge in [-0.3, -0.25) is 0 Å². The van der Waals surface area contributed by atoms with Crippen LogP contribution in [0.2, 0.25) is 0 Å². The van der Waals surface area contributed by atoms with Crippen LogP contribution in [0.5, 0.6) is 5.75 Å². The Bertz CT molecular complexity index is 625. The Morgan fingerprint density at radius 1 is 1.10 bits per heavy atom. The molecular formula is C18H22BrNO. The largest absolute Gasteiger partial charge is 0.494 e. The lowest BCUT2D eigenvalue weighted by molar-refractivity contribution is 0.334. The maximum absolute atomic E-state index is 6.41. The summed E-state index contributed by atoms with van der Waals surface area (Å²) in [7, 11) is 0. The van der Waals surface area contributed by atoms with Crippen molar-refractivity contribution in [2.24, 2.45) is 5.73 Å². The maximum atomic E-state index is 6.41. The van der Waals surface area contributed by atoms with Crippen LogP contribution < -0.4 is 10.5 Å². The Morgan fingerprint density at radius 3 is 2.52 bits per heavy atom. The number of aryl methyl sites for hydroxylation is 2. The van der Waals surface area contributed by atoms with Crippen molar-refractivity contribution in [2.45, 2.75) is 33.2 Å². The summed E-state index contributed by atoms with van der Waals surface area (Å²) in [5.74, 6) is 0.872. The summed E-state index contributed by atoms with van der Waals surface area (Å²) < 4.78 is 6.72. The van der Waals surface area contributed by atoms with E-state index in [1.165, 1.54) is 16.7 Å². The number of benzene rings is 2. The first-order chi connectivity index (χ1) is 10.0. The lowest BCUT2D eigenvalue weighted by Gasteiger charge is -2.17. The zero-order chi connectivity index (χ0) is 15.4. The molecule has 3 heteroatoms. The van der Waals surface area contributed by atoms with Crippen LogP contribution in [0.1, 0.15) is 35.2 Å². The van der Waals surface area contributed by atoms with Gasteiger partial charge >= 0.3 is 0 Å². The molecule has 0 saturated heterocycles. The number of hydrogen-bond acceptors (Lipinski definition) is 2. The Kier molecular flexibility index (Phi) is 5.43. The molecule has 21 heavy (non-hydrogen) atoms. The molecule has 2 rings (SSSR count). The monoisotopic (exact) mass is 347 g/mol. The van der Waals surface area contributed by atoms with E-state index in [-0.39, 0.29) is 6.04 Å². The van der Waals surface area contributed by atoms with Gasteiger partial charge in [0, 0.05) is 16.1 Å². The second-order valence-corrected chi connectivity index (χ2v) is 6.26. The number of ether oxygens (including phenoxy) is 1. The quantitative estimate of drug-likeness (QED) is 0.850. The third kappa shape index (κ3) is 4.08. The zero-order valence-corrected chi connectivity index (χ0v) is 14.4. The molecule has 0 bridgehead atoms. The minimum absolute atomic E-state index is 0.0776. The molecule has 1 unspecified atom stereocenters. The first-order valence-electron chi connectivity index (χ1n) is 7.25. The normalized spacial score (nSPS) is 12.2. The summed E-state index contributed by atoms with van der Waals surface area (Å²) in [6.45, 7) is 6.89. The molecule has 2 N–H and O–H groups in total. The molecule has 0 fully saturated rings. The summed E-state index contributed by atoms with van der Waals surface area (Å²) in [6.07, 6.45) is 0.803. The van der Waals surface area contributed by atoms with Crippen LogP contribution >= 0.6 is 15.9 Å². The smallest absolute Gasteiger partial charge is 0.124 e. The Morgan fingerprint density at radius 2 is 1.86 bits per heavy atom. The number of hydrogen-bond donors (Lipinski definition) is 1. The van der Waals surface area contributed by atoms with E-state index in [1.807, 2.05) is 19.1 Å². The molecule has 0 aliphatic heterocycles. The van der Waals surface area contributed by atoms with Gasteiger partial charge in [0.15, 0.2) is 0 Å². The molecule has 0 amide bonds. The average molecular weight is 348 g/mol. The van der Waals surface area contributed by atoms with E-state index in [0.29, 0.717) is 6.61 Å². The van der Waals surface area contributed by atoms with Crippen molar-refractivity contribution in [3.05, 3.63) is 63.1 Å². The lowest BCUT2D eigenvalue weighted by Crippen LogP contribution is -2.15. The van der Waals surface area contributed by atoms with E-state index in [1.54, 1.807) is 0 Å². The molecule has 2 nitrogen and oxygen atoms in total. The van der Waals surface area contributed by atoms with E-state index in [2.05, 4.69) is 54.0 Å². The molecule has 0 aromatic heterocycles. The number of rotatable bonds is 5. The molecule has 112 valence electrons. The van der Waals surface area contributed by atoms with Crippen LogP contribution in [-0.4, -0.2) is 6.61 Å². The highest BCUT2D eigenvalue weighted by molar-refractivity contribution is 9.10. The predicted octanol–water partition coefficient (Wildman–Crippen LogP) is 4.71. The van der Waals surface area contributed by atoms with Gasteiger partial charge in [0.05, 0.1) is 6.61 Å². The van der Waals surface area contributed by atoms with Crippen LogP contribution in [0.15, 0.2) is 40.9 Å². The highest BCUT2D eigenvalue weighted by Gasteiger charge is 2.14. The van der Waals surface area contributed by atoms with E-state index in [9.17, 15) is 0 Å². The van der Waals surface area contributed by atoms with Crippen molar-refractivity contribution in [1.82, 2.24) is 0 Å². The zero-order valence-electron chi connectivity index (χ0n) is 12.8. The Labute approximate surface area is 135 Å². The van der Waals surface area contributed by atoms with Crippen molar-refractivity contribution in [3.8, 4) is 5.75 Å². The average Bonchev–Trinajstić information content (AvgIpc) is 2.45. The van der Waals surface area contributed by atoms with Crippen molar-refractivity contribution in [3.63, 3.8) is 0 Å². The summed E-state index contributed by atoms with van der Waals surface area (Å²) in [6, 6.07) is 12.5. The fraction of sp³-hybridized carbons (Fsp3) is 0.333. The van der Waals surface area contributed by atoms with Gasteiger partial charge in [0.1, 0.15) is 5.75 Å². The van der Waals surface area contributed by atoms with Crippen LogP contribution in [0, 0.1) is 13.8 Å². The molecule has 1 atom stereocenters. The minimum Gasteiger partial charge on any atom is -0.494 e. The highest BCUT2D eigenvalue weighted by Crippen LogP contribution is 2.29. The molecule has 0 saturated carbocycles. The molecule has 0 aliphatic carbocycles. The molecule has 2 aromatic rings. The summed E-state index contributed by atoms with van der Waals surface area (Å²) >= 11 is 3.51. The van der Waals surface area contributed by atoms with E-state index in [4.69, 9.17) is 10.5 Å². The van der Waals surface area contributed by atoms with Gasteiger partial charge in [-0.2, -0.15) is 0 Å². The first kappa shape index (κ1) is 16.1. The molecule has 2 aromatic carbocycles. The van der Waals surface area contributed by atoms with Crippen molar-refractivity contribution < 1.29 is 4.74 Å². The molecule has 0 spiro atoms. The van der Waals surface area contributed by atoms with Gasteiger partial charge in [-0.1, -0.05) is 34.1 Å². The maximum Gasteiger partial charge on any atom is 0.124 e. The van der Waals surface area contributed by atoms with Gasteiger partial charge in [0.2, 0.25) is 0 Å². The summed E-state index contributed by atoms with van der Waals surface area (Å²) in [5, 5.41) is 0. The Balaban J connectivity index is 2.24. The second kappa shape index (κ2) is 7.10. The van der Waals surface area contributed by atoms with Crippen molar-refractivity contribution >= 4 is 15.9 Å².